The summed E-state index contributed by atoms with van der Waals surface area (Å²) >= 11 is 0. The largest absolute Gasteiger partial charge is 2.00 e. The van der Waals surface area contributed by atoms with Gasteiger partial charge >= 0.3 is 67.3 Å². The molecule has 0 aliphatic carbocycles. The fourth-order valence-electron chi connectivity index (χ4n) is 0.408. The molecule has 0 aromatic carbocycles. The van der Waals surface area contributed by atoms with Crippen LogP contribution in [-0.4, -0.2) is 49.7 Å². The van der Waals surface area contributed by atoms with Crippen LogP contribution in [0.1, 0.15) is 39.5 Å². The van der Waals surface area contributed by atoms with Gasteiger partial charge in [-0.1, -0.05) is 26.7 Å². The molecule has 0 fully saturated rings. The number of rotatable bonds is 4. The third kappa shape index (κ3) is 37.9. The molecule has 0 unspecified atom stereocenters. The first kappa shape index (κ1) is 24.4. The van der Waals surface area contributed by atoms with Gasteiger partial charge in [0.05, 0.1) is 0 Å². The zero-order valence-electron chi connectivity index (χ0n) is 9.17. The molecule has 14 heavy (non-hydrogen) atoms. The Kier molecular flexibility index (Phi) is 34.4. The Balaban J connectivity index is -0.0000000625. The smallest absolute Gasteiger partial charge is 0.550 e. The molecule has 0 saturated carbocycles. The molecule has 0 radical (unpaired) electrons. The van der Waals surface area contributed by atoms with Crippen molar-refractivity contribution in [2.75, 3.05) is 0 Å². The van der Waals surface area contributed by atoms with Crippen molar-refractivity contribution < 1.29 is 49.4 Å². The van der Waals surface area contributed by atoms with Crippen molar-refractivity contribution in [3.63, 3.8) is 0 Å². The van der Waals surface area contributed by atoms with E-state index in [0.717, 1.165) is 0 Å². The molecule has 0 amide bonds. The summed E-state index contributed by atoms with van der Waals surface area (Å²) < 4.78 is 0. The number of carbonyl (C=O) groups excluding carboxylic acids is 2. The van der Waals surface area contributed by atoms with Crippen molar-refractivity contribution in [1.82, 2.24) is 0 Å². The molecule has 0 atom stereocenters. The Morgan fingerprint density at radius 3 is 1.14 bits per heavy atom. The van der Waals surface area contributed by atoms with E-state index in [4.69, 9.17) is 0 Å². The van der Waals surface area contributed by atoms with E-state index in [1.807, 2.05) is 0 Å². The Morgan fingerprint density at radius 2 is 1.14 bits per heavy atom. The normalized spacial score (nSPS) is 7.00. The summed E-state index contributed by atoms with van der Waals surface area (Å²) in [5.74, 6) is -1.92. The Bertz CT molecular complexity index is 125. The van der Waals surface area contributed by atoms with Crippen LogP contribution in [0.25, 0.3) is 0 Å². The molecule has 0 aromatic rings. The Labute approximate surface area is 137 Å². The van der Waals surface area contributed by atoms with Crippen LogP contribution in [0.15, 0.2) is 0 Å². The molecule has 0 heterocycles. The van der Waals surface area contributed by atoms with Crippen LogP contribution < -0.4 is 39.8 Å². The number of carboxylic acid groups (broad SMARTS) is 2. The van der Waals surface area contributed by atoms with Crippen molar-refractivity contribution in [2.45, 2.75) is 39.5 Å². The van der Waals surface area contributed by atoms with Crippen LogP contribution in [-0.2, 0) is 9.59 Å². The van der Waals surface area contributed by atoms with Crippen molar-refractivity contribution in [2.24, 2.45) is 0 Å². The zero-order valence-corrected chi connectivity index (χ0v) is 13.4. The summed E-state index contributed by atoms with van der Waals surface area (Å²) in [5, 5.41) is 19.0. The summed E-state index contributed by atoms with van der Waals surface area (Å²) in [4.78, 5) is 19.0. The molecule has 0 aliphatic heterocycles. The minimum atomic E-state index is -0.961. The van der Waals surface area contributed by atoms with Crippen LogP contribution in [0.2, 0.25) is 0 Å². The molecule has 0 spiro atoms. The zero-order chi connectivity index (χ0) is 9.98. The van der Waals surface area contributed by atoms with E-state index < -0.39 is 11.9 Å². The first-order chi connectivity index (χ1) is 5.54. The van der Waals surface area contributed by atoms with Gasteiger partial charge in [-0.3, -0.25) is 0 Å². The van der Waals surface area contributed by atoms with E-state index >= 15 is 0 Å². The number of aliphatic carboxylic acids is 2. The van der Waals surface area contributed by atoms with Gasteiger partial charge in [-0.15, -0.1) is 0 Å². The third-order valence-corrected chi connectivity index (χ3v) is 0.908. The first-order valence-corrected chi connectivity index (χ1v) is 3.94. The summed E-state index contributed by atoms with van der Waals surface area (Å²) in [6, 6.07) is 0. The maximum Gasteiger partial charge on any atom is 2.00 e. The van der Waals surface area contributed by atoms with Gasteiger partial charge in [-0.2, -0.15) is 0 Å². The van der Waals surface area contributed by atoms with E-state index in [2.05, 4.69) is 0 Å². The van der Waals surface area contributed by atoms with E-state index in [1.54, 1.807) is 13.8 Å². The molecule has 6 heteroatoms. The standard InChI is InChI=1S/2C4H8O2.Ca.Na/c2*1-2-3-4(5)6;;/h2*2-3H2,1H3,(H,5,6);;/q;;+2;+1/p-2. The molecule has 0 rings (SSSR count). The van der Waals surface area contributed by atoms with E-state index in [-0.39, 0.29) is 80.1 Å². The van der Waals surface area contributed by atoms with E-state index in [1.165, 1.54) is 0 Å². The van der Waals surface area contributed by atoms with Crippen LogP contribution in [0.5, 0.6) is 0 Å². The summed E-state index contributed by atoms with van der Waals surface area (Å²) in [7, 11) is 0. The summed E-state index contributed by atoms with van der Waals surface area (Å²) in [6.45, 7) is 3.60. The number of hydrogen-bond donors (Lipinski definition) is 0. The molecular weight excluding hydrogens is 223 g/mol. The van der Waals surface area contributed by atoms with Gasteiger partial charge in [0.2, 0.25) is 0 Å². The van der Waals surface area contributed by atoms with Crippen molar-refractivity contribution in [1.29, 1.82) is 0 Å². The summed E-state index contributed by atoms with van der Waals surface area (Å²) in [5.41, 5.74) is 0. The second-order valence-corrected chi connectivity index (χ2v) is 2.24. The molecule has 0 saturated heterocycles. The number of hydrogen-bond acceptors (Lipinski definition) is 4. The quantitative estimate of drug-likeness (QED) is 0.463. The second kappa shape index (κ2) is 19.7. The average molecular weight is 237 g/mol. The molecule has 0 aromatic heterocycles. The Morgan fingerprint density at radius 1 is 0.929 bits per heavy atom. The predicted molar refractivity (Wildman–Crippen MR) is 45.6 cm³/mol. The van der Waals surface area contributed by atoms with Crippen molar-refractivity contribution in [3.05, 3.63) is 0 Å². The monoisotopic (exact) mass is 237 g/mol. The van der Waals surface area contributed by atoms with Gasteiger partial charge in [0, 0.05) is 11.9 Å². The van der Waals surface area contributed by atoms with E-state index in [9.17, 15) is 19.8 Å². The first-order valence-electron chi connectivity index (χ1n) is 3.94. The second-order valence-electron chi connectivity index (χ2n) is 2.24. The molecule has 0 N–H and O–H groups in total. The average Bonchev–Trinajstić information content (AvgIpc) is 1.87. The number of carbonyl (C=O) groups is 2. The summed E-state index contributed by atoms with van der Waals surface area (Å²) in [6.07, 6.45) is 1.70. The molecule has 0 aliphatic rings. The molecule has 4 nitrogen and oxygen atoms in total. The molecule has 0 bridgehead atoms. The third-order valence-electron chi connectivity index (χ3n) is 0.908. The van der Waals surface area contributed by atoms with Gasteiger partial charge in [0.25, 0.3) is 0 Å². The minimum absolute atomic E-state index is 0. The maximum atomic E-state index is 9.49. The maximum absolute atomic E-state index is 9.49. The fourth-order valence-corrected chi connectivity index (χ4v) is 0.408. The Hall–Kier alpha value is 1.20. The predicted octanol–water partition coefficient (Wildman–Crippen LogP) is -4.30. The van der Waals surface area contributed by atoms with Crippen molar-refractivity contribution >= 4 is 49.7 Å². The SMILES string of the molecule is CCCC(=O)[O-].CCCC(=O)[O-].[Ca+2].[Na+]. The van der Waals surface area contributed by atoms with Crippen molar-refractivity contribution in [3.8, 4) is 0 Å². The fraction of sp³-hybridized carbons (Fsp3) is 0.750. The minimum Gasteiger partial charge on any atom is -0.550 e. The van der Waals surface area contributed by atoms with Gasteiger partial charge in [0.1, 0.15) is 0 Å². The van der Waals surface area contributed by atoms with Gasteiger partial charge in [0.15, 0.2) is 0 Å². The van der Waals surface area contributed by atoms with Crippen LogP contribution in [0.4, 0.5) is 0 Å². The van der Waals surface area contributed by atoms with Crippen LogP contribution >= 0.6 is 0 Å². The van der Waals surface area contributed by atoms with Crippen LogP contribution in [0.3, 0.4) is 0 Å². The topological polar surface area (TPSA) is 80.3 Å². The molecule has 72 valence electrons. The number of carboxylic acids is 2. The molecular formula is C8H14CaNaO4+. The van der Waals surface area contributed by atoms with Crippen LogP contribution in [0, 0.1) is 0 Å². The van der Waals surface area contributed by atoms with E-state index in [0.29, 0.717) is 12.8 Å². The van der Waals surface area contributed by atoms with Gasteiger partial charge < -0.3 is 19.8 Å². The van der Waals surface area contributed by atoms with Gasteiger partial charge in [-0.05, 0) is 12.8 Å². The van der Waals surface area contributed by atoms with Gasteiger partial charge in [-0.25, -0.2) is 0 Å².